The van der Waals surface area contributed by atoms with Crippen LogP contribution in [0.4, 0.5) is 0 Å². The smallest absolute Gasteiger partial charge is 0.237 e. The zero-order valence-corrected chi connectivity index (χ0v) is 13.3. The van der Waals surface area contributed by atoms with E-state index in [0.717, 1.165) is 12.0 Å². The predicted molar refractivity (Wildman–Crippen MR) is 90.6 cm³/mol. The molecule has 116 valence electrons. The molecule has 1 amide bonds. The molecule has 22 heavy (non-hydrogen) atoms. The van der Waals surface area contributed by atoms with Gasteiger partial charge in [-0.1, -0.05) is 54.6 Å². The van der Waals surface area contributed by atoms with Crippen molar-refractivity contribution >= 4 is 5.91 Å². The van der Waals surface area contributed by atoms with Crippen LogP contribution < -0.4 is 11.1 Å². The lowest BCUT2D eigenvalue weighted by Crippen LogP contribution is -2.46. The van der Waals surface area contributed by atoms with Crippen LogP contribution >= 0.6 is 0 Å². The van der Waals surface area contributed by atoms with E-state index in [9.17, 15) is 4.79 Å². The fourth-order valence-electron chi connectivity index (χ4n) is 2.53. The lowest BCUT2D eigenvalue weighted by atomic mass is 10.0. The first-order valence-electron chi connectivity index (χ1n) is 7.70. The Morgan fingerprint density at radius 3 is 2.36 bits per heavy atom. The predicted octanol–water partition coefficient (Wildman–Crippen LogP) is 2.61. The minimum Gasteiger partial charge on any atom is -0.352 e. The molecule has 0 aliphatic carbocycles. The van der Waals surface area contributed by atoms with Crippen molar-refractivity contribution < 1.29 is 4.79 Å². The molecule has 2 rings (SSSR count). The number of carbonyl (C=O) groups is 1. The van der Waals surface area contributed by atoms with Gasteiger partial charge in [0.05, 0.1) is 6.04 Å². The highest BCUT2D eigenvalue weighted by Gasteiger charge is 2.16. The number of nitrogens with two attached hydrogens (primary N) is 1. The minimum absolute atomic E-state index is 0.0652. The molecule has 2 atom stereocenters. The number of aryl methyl sites for hydroxylation is 1. The first-order chi connectivity index (χ1) is 10.6. The van der Waals surface area contributed by atoms with E-state index in [0.29, 0.717) is 6.42 Å². The van der Waals surface area contributed by atoms with Crippen molar-refractivity contribution in [2.24, 2.45) is 5.73 Å². The van der Waals surface area contributed by atoms with Gasteiger partial charge in [0.1, 0.15) is 0 Å². The van der Waals surface area contributed by atoms with Crippen LogP contribution in [-0.4, -0.2) is 18.0 Å². The summed E-state index contributed by atoms with van der Waals surface area (Å²) in [5, 5.41) is 3.01. The number of hydrogen-bond acceptors (Lipinski definition) is 2. The van der Waals surface area contributed by atoms with Crippen LogP contribution in [-0.2, 0) is 17.6 Å². The van der Waals surface area contributed by atoms with Gasteiger partial charge in [-0.05, 0) is 43.4 Å². The van der Waals surface area contributed by atoms with E-state index in [1.807, 2.05) is 49.4 Å². The molecule has 0 heterocycles. The van der Waals surface area contributed by atoms with Crippen LogP contribution in [0.5, 0.6) is 0 Å². The third kappa shape index (κ3) is 4.71. The summed E-state index contributed by atoms with van der Waals surface area (Å²) in [7, 11) is 0. The van der Waals surface area contributed by atoms with E-state index in [4.69, 9.17) is 5.73 Å². The second-order valence-corrected chi connectivity index (χ2v) is 5.84. The maximum absolute atomic E-state index is 12.2. The second kappa shape index (κ2) is 7.76. The fourth-order valence-corrected chi connectivity index (χ4v) is 2.53. The number of nitrogens with one attached hydrogen (secondary N) is 1. The van der Waals surface area contributed by atoms with E-state index in [1.165, 1.54) is 11.1 Å². The highest BCUT2D eigenvalue weighted by molar-refractivity contribution is 5.82. The van der Waals surface area contributed by atoms with Crippen molar-refractivity contribution in [3.05, 3.63) is 71.3 Å². The third-order valence-electron chi connectivity index (χ3n) is 3.81. The monoisotopic (exact) mass is 296 g/mol. The largest absolute Gasteiger partial charge is 0.352 e. The molecule has 0 spiro atoms. The van der Waals surface area contributed by atoms with Gasteiger partial charge in [0.2, 0.25) is 5.91 Å². The van der Waals surface area contributed by atoms with Crippen molar-refractivity contribution in [2.75, 3.05) is 0 Å². The van der Waals surface area contributed by atoms with E-state index in [-0.39, 0.29) is 11.9 Å². The Morgan fingerprint density at radius 2 is 1.68 bits per heavy atom. The number of amides is 1. The maximum Gasteiger partial charge on any atom is 0.237 e. The molecular weight excluding hydrogens is 272 g/mol. The Balaban J connectivity index is 1.87. The summed E-state index contributed by atoms with van der Waals surface area (Å²) in [6, 6.07) is 17.6. The second-order valence-electron chi connectivity index (χ2n) is 5.84. The van der Waals surface area contributed by atoms with Crippen molar-refractivity contribution in [2.45, 2.75) is 38.8 Å². The molecule has 2 aromatic carbocycles. The summed E-state index contributed by atoms with van der Waals surface area (Å²) in [4.78, 5) is 12.2. The number of carbonyl (C=O) groups excluding carboxylic acids is 1. The fraction of sp³-hybridized carbons (Fsp3) is 0.316. The SMILES string of the molecule is Cc1ccccc1CC(C)NC(=O)[C@@H](N)Cc1ccccc1. The summed E-state index contributed by atoms with van der Waals surface area (Å²) in [6.07, 6.45) is 1.38. The molecule has 0 saturated carbocycles. The molecule has 2 aromatic rings. The van der Waals surface area contributed by atoms with Crippen LogP contribution in [0, 0.1) is 6.92 Å². The molecule has 3 heteroatoms. The van der Waals surface area contributed by atoms with E-state index in [1.54, 1.807) is 0 Å². The van der Waals surface area contributed by atoms with Crippen LogP contribution in [0.2, 0.25) is 0 Å². The van der Waals surface area contributed by atoms with Crippen molar-refractivity contribution in [3.8, 4) is 0 Å². The number of benzene rings is 2. The zero-order chi connectivity index (χ0) is 15.9. The van der Waals surface area contributed by atoms with Crippen LogP contribution in [0.25, 0.3) is 0 Å². The minimum atomic E-state index is -0.512. The van der Waals surface area contributed by atoms with Crippen molar-refractivity contribution in [3.63, 3.8) is 0 Å². The Kier molecular flexibility index (Phi) is 5.73. The van der Waals surface area contributed by atoms with Crippen molar-refractivity contribution in [1.29, 1.82) is 0 Å². The number of rotatable bonds is 6. The van der Waals surface area contributed by atoms with E-state index in [2.05, 4.69) is 24.4 Å². The van der Waals surface area contributed by atoms with Gasteiger partial charge in [-0.15, -0.1) is 0 Å². The molecule has 3 N–H and O–H groups in total. The van der Waals surface area contributed by atoms with E-state index >= 15 is 0 Å². The van der Waals surface area contributed by atoms with Gasteiger partial charge < -0.3 is 11.1 Å². The van der Waals surface area contributed by atoms with Gasteiger partial charge in [-0.25, -0.2) is 0 Å². The van der Waals surface area contributed by atoms with E-state index < -0.39 is 6.04 Å². The quantitative estimate of drug-likeness (QED) is 0.861. The highest BCUT2D eigenvalue weighted by Crippen LogP contribution is 2.10. The van der Waals surface area contributed by atoms with Gasteiger partial charge in [-0.3, -0.25) is 4.79 Å². The number of hydrogen-bond donors (Lipinski definition) is 2. The van der Waals surface area contributed by atoms with Gasteiger partial charge in [0, 0.05) is 6.04 Å². The standard InChI is InChI=1S/C19H24N2O/c1-14-8-6-7-11-17(14)12-15(2)21-19(22)18(20)13-16-9-4-3-5-10-16/h3-11,15,18H,12-13,20H2,1-2H3,(H,21,22)/t15?,18-/m0/s1. The molecule has 0 aliphatic heterocycles. The molecule has 0 fully saturated rings. The van der Waals surface area contributed by atoms with Gasteiger partial charge in [0.25, 0.3) is 0 Å². The third-order valence-corrected chi connectivity index (χ3v) is 3.81. The Hall–Kier alpha value is -2.13. The Bertz CT molecular complexity index is 610. The topological polar surface area (TPSA) is 55.1 Å². The molecule has 0 bridgehead atoms. The first-order valence-corrected chi connectivity index (χ1v) is 7.70. The summed E-state index contributed by atoms with van der Waals surface area (Å²) >= 11 is 0. The summed E-state index contributed by atoms with van der Waals surface area (Å²) in [5.74, 6) is -0.0927. The maximum atomic E-state index is 12.2. The van der Waals surface area contributed by atoms with Crippen LogP contribution in [0.1, 0.15) is 23.6 Å². The molecule has 1 unspecified atom stereocenters. The molecular formula is C19H24N2O. The molecule has 0 radical (unpaired) electrons. The summed E-state index contributed by atoms with van der Waals surface area (Å²) in [5.41, 5.74) is 9.59. The van der Waals surface area contributed by atoms with Crippen LogP contribution in [0.15, 0.2) is 54.6 Å². The lowest BCUT2D eigenvalue weighted by Gasteiger charge is -2.18. The Labute approximate surface area is 132 Å². The summed E-state index contributed by atoms with van der Waals surface area (Å²) < 4.78 is 0. The summed E-state index contributed by atoms with van der Waals surface area (Å²) in [6.45, 7) is 4.10. The molecule has 0 aliphatic rings. The van der Waals surface area contributed by atoms with Gasteiger partial charge in [-0.2, -0.15) is 0 Å². The first kappa shape index (κ1) is 16.2. The van der Waals surface area contributed by atoms with Crippen molar-refractivity contribution in [1.82, 2.24) is 5.32 Å². The van der Waals surface area contributed by atoms with Gasteiger partial charge in [0.15, 0.2) is 0 Å². The average Bonchev–Trinajstić information content (AvgIpc) is 2.50. The molecule has 0 aromatic heterocycles. The van der Waals surface area contributed by atoms with Crippen LogP contribution in [0.3, 0.4) is 0 Å². The highest BCUT2D eigenvalue weighted by atomic mass is 16.2. The lowest BCUT2D eigenvalue weighted by molar-refractivity contribution is -0.122. The molecule has 3 nitrogen and oxygen atoms in total. The zero-order valence-electron chi connectivity index (χ0n) is 13.3. The average molecular weight is 296 g/mol. The normalized spacial score (nSPS) is 13.4. The van der Waals surface area contributed by atoms with Gasteiger partial charge >= 0.3 is 0 Å². The molecule has 0 saturated heterocycles. The Morgan fingerprint density at radius 1 is 1.05 bits per heavy atom.